The second-order valence-corrected chi connectivity index (χ2v) is 6.58. The summed E-state index contributed by atoms with van der Waals surface area (Å²) in [6.07, 6.45) is 2.77. The summed E-state index contributed by atoms with van der Waals surface area (Å²) in [6.45, 7) is 9.50. The molecular formula is C12H26N2S. The van der Waals surface area contributed by atoms with Crippen molar-refractivity contribution < 1.29 is 0 Å². The van der Waals surface area contributed by atoms with E-state index in [9.17, 15) is 0 Å². The normalized spacial score (nSPS) is 22.6. The standard InChI is InChI=1S/C12H26N2S/c1-11(2)15-8-7-14(3)10-12-5-4-6-13-9-12/h11-13H,4-10H2,1-3H3. The summed E-state index contributed by atoms with van der Waals surface area (Å²) in [5.74, 6) is 2.15. The Kier molecular flexibility index (Phi) is 6.69. The molecule has 90 valence electrons. The van der Waals surface area contributed by atoms with Gasteiger partial charge in [0.1, 0.15) is 0 Å². The van der Waals surface area contributed by atoms with Crippen LogP contribution in [0.25, 0.3) is 0 Å². The van der Waals surface area contributed by atoms with Gasteiger partial charge >= 0.3 is 0 Å². The third-order valence-electron chi connectivity index (χ3n) is 2.89. The summed E-state index contributed by atoms with van der Waals surface area (Å²) in [4.78, 5) is 2.49. The van der Waals surface area contributed by atoms with E-state index in [4.69, 9.17) is 0 Å². The van der Waals surface area contributed by atoms with Crippen molar-refractivity contribution in [3.63, 3.8) is 0 Å². The maximum Gasteiger partial charge on any atom is 0.00695 e. The van der Waals surface area contributed by atoms with Gasteiger partial charge in [-0.15, -0.1) is 0 Å². The van der Waals surface area contributed by atoms with Gasteiger partial charge in [-0.05, 0) is 44.1 Å². The molecule has 0 bridgehead atoms. The molecular weight excluding hydrogens is 204 g/mol. The molecule has 1 saturated heterocycles. The van der Waals surface area contributed by atoms with Crippen LogP contribution in [0.4, 0.5) is 0 Å². The van der Waals surface area contributed by atoms with E-state index < -0.39 is 0 Å². The Bertz CT molecular complexity index is 156. The van der Waals surface area contributed by atoms with Crippen LogP contribution in [-0.2, 0) is 0 Å². The Morgan fingerprint density at radius 1 is 1.47 bits per heavy atom. The highest BCUT2D eigenvalue weighted by molar-refractivity contribution is 7.99. The first-order valence-electron chi connectivity index (χ1n) is 6.19. The highest BCUT2D eigenvalue weighted by Gasteiger charge is 2.14. The molecule has 2 nitrogen and oxygen atoms in total. The number of thioether (sulfide) groups is 1. The van der Waals surface area contributed by atoms with Crippen LogP contribution >= 0.6 is 11.8 Å². The van der Waals surface area contributed by atoms with E-state index >= 15 is 0 Å². The van der Waals surface area contributed by atoms with Gasteiger partial charge in [0.25, 0.3) is 0 Å². The smallest absolute Gasteiger partial charge is 0.00695 e. The fraction of sp³-hybridized carbons (Fsp3) is 1.00. The summed E-state index contributed by atoms with van der Waals surface area (Å²) in [7, 11) is 2.26. The number of nitrogens with zero attached hydrogens (tertiary/aromatic N) is 1. The number of hydrogen-bond donors (Lipinski definition) is 1. The largest absolute Gasteiger partial charge is 0.316 e. The van der Waals surface area contributed by atoms with Crippen LogP contribution in [0.1, 0.15) is 26.7 Å². The molecule has 1 heterocycles. The molecule has 1 rings (SSSR count). The Morgan fingerprint density at radius 3 is 2.87 bits per heavy atom. The van der Waals surface area contributed by atoms with E-state index in [1.807, 2.05) is 0 Å². The lowest BCUT2D eigenvalue weighted by Gasteiger charge is -2.27. The van der Waals surface area contributed by atoms with Crippen molar-refractivity contribution in [1.82, 2.24) is 10.2 Å². The molecule has 1 aliphatic heterocycles. The van der Waals surface area contributed by atoms with Crippen LogP contribution in [0.2, 0.25) is 0 Å². The molecule has 3 heteroatoms. The van der Waals surface area contributed by atoms with E-state index in [0.29, 0.717) is 0 Å². The van der Waals surface area contributed by atoms with Gasteiger partial charge in [0.15, 0.2) is 0 Å². The highest BCUT2D eigenvalue weighted by Crippen LogP contribution is 2.12. The lowest BCUT2D eigenvalue weighted by molar-refractivity contribution is 0.253. The first-order chi connectivity index (χ1) is 7.18. The summed E-state index contributed by atoms with van der Waals surface area (Å²) >= 11 is 2.06. The van der Waals surface area contributed by atoms with Gasteiger partial charge < -0.3 is 10.2 Å². The molecule has 1 unspecified atom stereocenters. The molecule has 15 heavy (non-hydrogen) atoms. The average Bonchev–Trinajstić information content (AvgIpc) is 2.18. The SMILES string of the molecule is CC(C)SCCN(C)CC1CCCNC1. The predicted octanol–water partition coefficient (Wildman–Crippen LogP) is 2.06. The van der Waals surface area contributed by atoms with Crippen LogP contribution in [0, 0.1) is 5.92 Å². The Labute approximate surface area is 99.2 Å². The third-order valence-corrected chi connectivity index (χ3v) is 3.98. The van der Waals surface area contributed by atoms with E-state index in [1.165, 1.54) is 44.8 Å². The molecule has 0 aromatic heterocycles. The van der Waals surface area contributed by atoms with E-state index in [0.717, 1.165) is 11.2 Å². The summed E-state index contributed by atoms with van der Waals surface area (Å²) in [6, 6.07) is 0. The molecule has 0 aromatic carbocycles. The lowest BCUT2D eigenvalue weighted by Crippen LogP contribution is -2.37. The summed E-state index contributed by atoms with van der Waals surface area (Å²) < 4.78 is 0. The Balaban J connectivity index is 2.03. The van der Waals surface area contributed by atoms with Crippen molar-refractivity contribution in [2.24, 2.45) is 5.92 Å². The second-order valence-electron chi connectivity index (χ2n) is 4.89. The molecule has 0 radical (unpaired) electrons. The number of hydrogen-bond acceptors (Lipinski definition) is 3. The fourth-order valence-corrected chi connectivity index (χ4v) is 2.94. The monoisotopic (exact) mass is 230 g/mol. The third kappa shape index (κ3) is 6.44. The molecule has 0 aliphatic carbocycles. The molecule has 0 aromatic rings. The van der Waals surface area contributed by atoms with Gasteiger partial charge in [0.05, 0.1) is 0 Å². The summed E-state index contributed by atoms with van der Waals surface area (Å²) in [5.41, 5.74) is 0. The molecule has 1 atom stereocenters. The fourth-order valence-electron chi connectivity index (χ4n) is 2.06. The van der Waals surface area contributed by atoms with E-state index in [2.05, 4.69) is 42.9 Å². The first kappa shape index (κ1) is 13.3. The van der Waals surface area contributed by atoms with Crippen molar-refractivity contribution in [3.05, 3.63) is 0 Å². The van der Waals surface area contributed by atoms with Gasteiger partial charge in [-0.1, -0.05) is 13.8 Å². The van der Waals surface area contributed by atoms with Crippen molar-refractivity contribution in [2.45, 2.75) is 31.9 Å². The molecule has 1 fully saturated rings. The second kappa shape index (κ2) is 7.53. The van der Waals surface area contributed by atoms with Crippen LogP contribution in [0.3, 0.4) is 0 Å². The van der Waals surface area contributed by atoms with Gasteiger partial charge in [-0.2, -0.15) is 11.8 Å². The minimum absolute atomic E-state index is 0.773. The van der Waals surface area contributed by atoms with Gasteiger partial charge in [-0.3, -0.25) is 0 Å². The van der Waals surface area contributed by atoms with Crippen LogP contribution < -0.4 is 5.32 Å². The minimum atomic E-state index is 0.773. The number of nitrogens with one attached hydrogen (secondary N) is 1. The maximum absolute atomic E-state index is 3.48. The van der Waals surface area contributed by atoms with Crippen LogP contribution in [0.15, 0.2) is 0 Å². The van der Waals surface area contributed by atoms with Gasteiger partial charge in [0.2, 0.25) is 0 Å². The zero-order chi connectivity index (χ0) is 11.1. The zero-order valence-corrected chi connectivity index (χ0v) is 11.3. The summed E-state index contributed by atoms with van der Waals surface area (Å²) in [5, 5.41) is 4.26. The van der Waals surface area contributed by atoms with Gasteiger partial charge in [0, 0.05) is 18.8 Å². The number of rotatable bonds is 6. The van der Waals surface area contributed by atoms with Crippen molar-refractivity contribution in [1.29, 1.82) is 0 Å². The first-order valence-corrected chi connectivity index (χ1v) is 7.24. The molecule has 0 spiro atoms. The Hall–Kier alpha value is 0.270. The zero-order valence-electron chi connectivity index (χ0n) is 10.5. The predicted molar refractivity (Wildman–Crippen MR) is 70.7 cm³/mol. The molecule has 0 amide bonds. The number of piperidine rings is 1. The van der Waals surface area contributed by atoms with Crippen molar-refractivity contribution in [3.8, 4) is 0 Å². The van der Waals surface area contributed by atoms with E-state index in [-0.39, 0.29) is 0 Å². The van der Waals surface area contributed by atoms with Crippen LogP contribution in [0.5, 0.6) is 0 Å². The van der Waals surface area contributed by atoms with Crippen molar-refractivity contribution >= 4 is 11.8 Å². The van der Waals surface area contributed by atoms with Gasteiger partial charge in [-0.25, -0.2) is 0 Å². The molecule has 1 aliphatic rings. The average molecular weight is 230 g/mol. The van der Waals surface area contributed by atoms with Crippen molar-refractivity contribution in [2.75, 3.05) is 39.0 Å². The lowest BCUT2D eigenvalue weighted by atomic mass is 9.99. The minimum Gasteiger partial charge on any atom is -0.316 e. The Morgan fingerprint density at radius 2 is 2.27 bits per heavy atom. The highest BCUT2D eigenvalue weighted by atomic mass is 32.2. The van der Waals surface area contributed by atoms with E-state index in [1.54, 1.807) is 0 Å². The molecule has 1 N–H and O–H groups in total. The topological polar surface area (TPSA) is 15.3 Å². The van der Waals surface area contributed by atoms with Crippen LogP contribution in [-0.4, -0.2) is 49.1 Å². The quantitative estimate of drug-likeness (QED) is 0.752. The molecule has 0 saturated carbocycles. The maximum atomic E-state index is 3.48.